The van der Waals surface area contributed by atoms with Crippen molar-refractivity contribution >= 4 is 39.4 Å². The maximum atomic E-state index is 13.5. The van der Waals surface area contributed by atoms with Crippen molar-refractivity contribution in [2.45, 2.75) is 18.7 Å². The van der Waals surface area contributed by atoms with Gasteiger partial charge < -0.3 is 10.1 Å². The monoisotopic (exact) mass is 494 g/mol. The van der Waals surface area contributed by atoms with E-state index >= 15 is 0 Å². The van der Waals surface area contributed by atoms with Crippen LogP contribution in [0.4, 0.5) is 11.4 Å². The van der Waals surface area contributed by atoms with Crippen LogP contribution in [0.15, 0.2) is 88.9 Å². The van der Waals surface area contributed by atoms with Crippen LogP contribution in [-0.2, 0) is 19.6 Å². The molecule has 2 N–H and O–H groups in total. The maximum absolute atomic E-state index is 13.5. The second-order valence-electron chi connectivity index (χ2n) is 7.32. The van der Waals surface area contributed by atoms with Gasteiger partial charge in [-0.3, -0.25) is 13.9 Å². The quantitative estimate of drug-likeness (QED) is 0.331. The fourth-order valence-electron chi connectivity index (χ4n) is 3.16. The van der Waals surface area contributed by atoms with Crippen LogP contribution in [0.2, 0.25) is 0 Å². The summed E-state index contributed by atoms with van der Waals surface area (Å²) in [6.07, 6.45) is 1.42. The summed E-state index contributed by atoms with van der Waals surface area (Å²) in [5.41, 5.74) is 3.92. The van der Waals surface area contributed by atoms with E-state index in [1.54, 1.807) is 73.7 Å². The average Bonchev–Trinajstić information content (AvgIpc) is 2.84. The van der Waals surface area contributed by atoms with Crippen molar-refractivity contribution in [2.24, 2.45) is 5.10 Å². The van der Waals surface area contributed by atoms with Gasteiger partial charge >= 0.3 is 0 Å². The van der Waals surface area contributed by atoms with E-state index in [0.29, 0.717) is 23.6 Å². The number of carbonyl (C=O) groups is 2. The Morgan fingerprint density at radius 3 is 2.29 bits per heavy atom. The third-order valence-electron chi connectivity index (χ3n) is 4.69. The molecule has 0 heterocycles. The van der Waals surface area contributed by atoms with Crippen LogP contribution >= 0.6 is 0 Å². The molecule has 0 spiro atoms. The first-order valence-electron chi connectivity index (χ1n) is 10.8. The first-order valence-corrected chi connectivity index (χ1v) is 12.2. The summed E-state index contributed by atoms with van der Waals surface area (Å²) >= 11 is 0. The summed E-state index contributed by atoms with van der Waals surface area (Å²) in [5, 5.41) is 6.59. The number of sulfonamides is 1. The lowest BCUT2D eigenvalue weighted by Crippen LogP contribution is -2.39. The molecule has 3 aromatic carbocycles. The minimum absolute atomic E-state index is 0.0434. The first kappa shape index (κ1) is 25.4. The van der Waals surface area contributed by atoms with Crippen molar-refractivity contribution < 1.29 is 22.7 Å². The van der Waals surface area contributed by atoms with Gasteiger partial charge in [0.2, 0.25) is 5.91 Å². The number of amides is 2. The summed E-state index contributed by atoms with van der Waals surface area (Å²) in [6, 6.07) is 21.3. The summed E-state index contributed by atoms with van der Waals surface area (Å²) in [4.78, 5) is 23.9. The number of nitrogens with one attached hydrogen (secondary N) is 2. The van der Waals surface area contributed by atoms with Gasteiger partial charge in [-0.25, -0.2) is 13.8 Å². The third kappa shape index (κ3) is 6.90. The molecule has 3 aromatic rings. The van der Waals surface area contributed by atoms with Crippen molar-refractivity contribution in [1.82, 2.24) is 5.43 Å². The number of benzene rings is 3. The lowest BCUT2D eigenvalue weighted by molar-refractivity contribution is -0.119. The van der Waals surface area contributed by atoms with E-state index in [0.717, 1.165) is 4.31 Å². The molecular weight excluding hydrogens is 468 g/mol. The van der Waals surface area contributed by atoms with E-state index < -0.39 is 22.5 Å². The molecule has 35 heavy (non-hydrogen) atoms. The fourth-order valence-corrected chi connectivity index (χ4v) is 4.61. The van der Waals surface area contributed by atoms with Crippen molar-refractivity contribution in [3.8, 4) is 5.75 Å². The molecular formula is C25H26N4O5S. The summed E-state index contributed by atoms with van der Waals surface area (Å²) in [6.45, 7) is 3.02. The van der Waals surface area contributed by atoms with E-state index in [9.17, 15) is 18.0 Å². The van der Waals surface area contributed by atoms with Crippen molar-refractivity contribution in [2.75, 3.05) is 22.8 Å². The van der Waals surface area contributed by atoms with Gasteiger partial charge in [0.1, 0.15) is 12.3 Å². The average molecular weight is 495 g/mol. The summed E-state index contributed by atoms with van der Waals surface area (Å²) in [5.74, 6) is -0.480. The number of carbonyl (C=O) groups excluding carboxylic acids is 2. The molecule has 0 bridgehead atoms. The number of hydrogen-bond acceptors (Lipinski definition) is 6. The van der Waals surface area contributed by atoms with Crippen molar-refractivity contribution in [3.63, 3.8) is 0 Å². The topological polar surface area (TPSA) is 117 Å². The smallest absolute Gasteiger partial charge is 0.264 e. The zero-order valence-electron chi connectivity index (χ0n) is 19.3. The van der Waals surface area contributed by atoms with E-state index in [1.807, 2.05) is 0 Å². The molecule has 0 aromatic heterocycles. The molecule has 0 radical (unpaired) electrons. The lowest BCUT2D eigenvalue weighted by atomic mass is 10.2. The van der Waals surface area contributed by atoms with E-state index in [2.05, 4.69) is 15.8 Å². The number of hydrogen-bond donors (Lipinski definition) is 2. The summed E-state index contributed by atoms with van der Waals surface area (Å²) < 4.78 is 33.5. The van der Waals surface area contributed by atoms with Crippen molar-refractivity contribution in [3.05, 3.63) is 84.4 Å². The van der Waals surface area contributed by atoms with Crippen LogP contribution < -0.4 is 19.8 Å². The van der Waals surface area contributed by atoms with Crippen LogP contribution in [0.3, 0.4) is 0 Å². The largest absolute Gasteiger partial charge is 0.492 e. The SMILES string of the molecule is CCOc1ccccc1N(CC(=O)NN=Cc1ccc(NC(C)=O)cc1)S(=O)(=O)c1ccccc1. The Bertz CT molecular complexity index is 1290. The predicted molar refractivity (Wildman–Crippen MR) is 135 cm³/mol. The Morgan fingerprint density at radius 2 is 1.63 bits per heavy atom. The maximum Gasteiger partial charge on any atom is 0.264 e. The Hall–Kier alpha value is -4.18. The molecule has 10 heteroatoms. The lowest BCUT2D eigenvalue weighted by Gasteiger charge is -2.25. The van der Waals surface area contributed by atoms with Gasteiger partial charge in [-0.2, -0.15) is 5.10 Å². The number of nitrogens with zero attached hydrogens (tertiary/aromatic N) is 2. The number of ether oxygens (including phenoxy) is 1. The molecule has 0 aliphatic carbocycles. The van der Waals surface area contributed by atoms with E-state index in [-0.39, 0.29) is 16.5 Å². The fraction of sp³-hybridized carbons (Fsp3) is 0.160. The molecule has 0 unspecified atom stereocenters. The second kappa shape index (κ2) is 11.8. The Labute approximate surface area is 204 Å². The van der Waals surface area contributed by atoms with Gasteiger partial charge in [0, 0.05) is 12.6 Å². The van der Waals surface area contributed by atoms with Crippen LogP contribution in [0.1, 0.15) is 19.4 Å². The molecule has 182 valence electrons. The van der Waals surface area contributed by atoms with Crippen LogP contribution in [0.5, 0.6) is 5.75 Å². The van der Waals surface area contributed by atoms with Crippen LogP contribution in [-0.4, -0.2) is 39.6 Å². The highest BCUT2D eigenvalue weighted by Crippen LogP contribution is 2.32. The molecule has 0 fully saturated rings. The molecule has 9 nitrogen and oxygen atoms in total. The minimum Gasteiger partial charge on any atom is -0.492 e. The molecule has 0 saturated carbocycles. The molecule has 2 amide bonds. The third-order valence-corrected chi connectivity index (χ3v) is 6.46. The second-order valence-corrected chi connectivity index (χ2v) is 9.18. The normalized spacial score (nSPS) is 11.1. The highest BCUT2D eigenvalue weighted by molar-refractivity contribution is 7.92. The van der Waals surface area contributed by atoms with Gasteiger partial charge in [-0.1, -0.05) is 42.5 Å². The highest BCUT2D eigenvalue weighted by Gasteiger charge is 2.29. The Balaban J connectivity index is 1.81. The first-order chi connectivity index (χ1) is 16.8. The van der Waals surface area contributed by atoms with Crippen LogP contribution in [0.25, 0.3) is 0 Å². The Kier molecular flexibility index (Phi) is 8.58. The molecule has 3 rings (SSSR count). The highest BCUT2D eigenvalue weighted by atomic mass is 32.2. The molecule has 0 atom stereocenters. The van der Waals surface area contributed by atoms with E-state index in [1.165, 1.54) is 25.3 Å². The zero-order chi connectivity index (χ0) is 25.3. The number of para-hydroxylation sites is 2. The van der Waals surface area contributed by atoms with Gasteiger partial charge in [0.25, 0.3) is 15.9 Å². The van der Waals surface area contributed by atoms with Gasteiger partial charge in [-0.05, 0) is 48.9 Å². The number of anilines is 2. The minimum atomic E-state index is -4.08. The number of hydrazone groups is 1. The van der Waals surface area contributed by atoms with Gasteiger partial charge in [-0.15, -0.1) is 0 Å². The Morgan fingerprint density at radius 1 is 0.971 bits per heavy atom. The van der Waals surface area contributed by atoms with Gasteiger partial charge in [0.05, 0.1) is 23.4 Å². The molecule has 0 aliphatic heterocycles. The zero-order valence-corrected chi connectivity index (χ0v) is 20.2. The predicted octanol–water partition coefficient (Wildman–Crippen LogP) is 3.39. The van der Waals surface area contributed by atoms with Gasteiger partial charge in [0.15, 0.2) is 0 Å². The van der Waals surface area contributed by atoms with Crippen LogP contribution in [0, 0.1) is 0 Å². The number of rotatable bonds is 10. The standard InChI is InChI=1S/C25H26N4O5S/c1-3-34-24-12-8-7-11-23(24)29(35(32,33)22-9-5-4-6-10-22)18-25(31)28-26-17-20-13-15-21(16-14-20)27-19(2)30/h4-17H,3,18H2,1-2H3,(H,27,30)(H,28,31). The molecule has 0 aliphatic rings. The molecule has 0 saturated heterocycles. The van der Waals surface area contributed by atoms with E-state index in [4.69, 9.17) is 4.74 Å². The summed E-state index contributed by atoms with van der Waals surface area (Å²) in [7, 11) is -4.08. The van der Waals surface area contributed by atoms with Crippen molar-refractivity contribution in [1.29, 1.82) is 0 Å².